The van der Waals surface area contributed by atoms with Crippen molar-refractivity contribution in [1.29, 1.82) is 0 Å². The van der Waals surface area contributed by atoms with Crippen LogP contribution < -0.4 is 5.73 Å². The second-order valence-electron chi connectivity index (χ2n) is 5.80. The molecule has 0 fully saturated rings. The fourth-order valence-corrected chi connectivity index (χ4v) is 1.84. The first-order valence-electron chi connectivity index (χ1n) is 5.97. The van der Waals surface area contributed by atoms with Gasteiger partial charge in [-0.05, 0) is 30.2 Å². The van der Waals surface area contributed by atoms with Gasteiger partial charge in [0, 0.05) is 23.6 Å². The van der Waals surface area contributed by atoms with Gasteiger partial charge in [-0.1, -0.05) is 48.8 Å². The third-order valence-electron chi connectivity index (χ3n) is 2.99. The Hall–Kier alpha value is -0.380. The minimum Gasteiger partial charge on any atom is -0.326 e. The predicted octanol–water partition coefficient (Wildman–Crippen LogP) is 3.25. The summed E-state index contributed by atoms with van der Waals surface area (Å²) in [7, 11) is 2.12. The first kappa shape index (κ1) is 14.7. The molecule has 0 aromatic heterocycles. The Morgan fingerprint density at radius 3 is 2.24 bits per heavy atom. The van der Waals surface area contributed by atoms with E-state index in [1.165, 1.54) is 5.56 Å². The van der Waals surface area contributed by atoms with Crippen LogP contribution in [0.15, 0.2) is 28.7 Å². The van der Waals surface area contributed by atoms with Gasteiger partial charge in [0.25, 0.3) is 0 Å². The van der Waals surface area contributed by atoms with E-state index in [2.05, 4.69) is 72.9 Å². The molecule has 0 aliphatic carbocycles. The molecule has 17 heavy (non-hydrogen) atoms. The lowest BCUT2D eigenvalue weighted by atomic mass is 9.87. The smallest absolute Gasteiger partial charge is 0.0231 e. The molecule has 2 nitrogen and oxygen atoms in total. The second-order valence-corrected chi connectivity index (χ2v) is 6.71. The van der Waals surface area contributed by atoms with Crippen LogP contribution in [0.1, 0.15) is 26.3 Å². The molecule has 1 aromatic carbocycles. The summed E-state index contributed by atoms with van der Waals surface area (Å²) in [6.07, 6.45) is 0. The monoisotopic (exact) mass is 298 g/mol. The van der Waals surface area contributed by atoms with Crippen LogP contribution in [-0.4, -0.2) is 24.5 Å². The highest BCUT2D eigenvalue weighted by molar-refractivity contribution is 9.10. The summed E-state index contributed by atoms with van der Waals surface area (Å²) in [5, 5.41) is 0. The standard InChI is InChI=1S/C14H23BrN2/c1-14(2,3)13(16)10-17(4)9-11-5-7-12(15)8-6-11/h5-8,13H,9-10,16H2,1-4H3. The van der Waals surface area contributed by atoms with Crippen LogP contribution in [0.5, 0.6) is 0 Å². The molecule has 0 aliphatic heterocycles. The zero-order valence-electron chi connectivity index (χ0n) is 11.2. The van der Waals surface area contributed by atoms with Gasteiger partial charge in [0.05, 0.1) is 0 Å². The zero-order valence-corrected chi connectivity index (χ0v) is 12.8. The maximum absolute atomic E-state index is 6.18. The van der Waals surface area contributed by atoms with Crippen LogP contribution in [0, 0.1) is 5.41 Å². The molecule has 0 bridgehead atoms. The molecule has 0 saturated heterocycles. The molecule has 0 saturated carbocycles. The Kier molecular flexibility index (Phi) is 5.17. The largest absolute Gasteiger partial charge is 0.326 e. The van der Waals surface area contributed by atoms with Crippen molar-refractivity contribution in [3.63, 3.8) is 0 Å². The van der Waals surface area contributed by atoms with Crippen molar-refractivity contribution < 1.29 is 0 Å². The summed E-state index contributed by atoms with van der Waals surface area (Å²) in [4.78, 5) is 2.28. The third kappa shape index (κ3) is 5.19. The summed E-state index contributed by atoms with van der Waals surface area (Å²) in [6.45, 7) is 8.41. The van der Waals surface area contributed by atoms with E-state index >= 15 is 0 Å². The van der Waals surface area contributed by atoms with Gasteiger partial charge in [-0.25, -0.2) is 0 Å². The maximum atomic E-state index is 6.18. The van der Waals surface area contributed by atoms with Crippen LogP contribution in [0.2, 0.25) is 0 Å². The average molecular weight is 299 g/mol. The number of hydrogen-bond donors (Lipinski definition) is 1. The van der Waals surface area contributed by atoms with Gasteiger partial charge in [0.15, 0.2) is 0 Å². The fraction of sp³-hybridized carbons (Fsp3) is 0.571. The van der Waals surface area contributed by atoms with Crippen molar-refractivity contribution in [3.8, 4) is 0 Å². The number of likely N-dealkylation sites (N-methyl/N-ethyl adjacent to an activating group) is 1. The molecule has 1 rings (SSSR count). The first-order valence-corrected chi connectivity index (χ1v) is 6.77. The third-order valence-corrected chi connectivity index (χ3v) is 3.52. The molecular formula is C14H23BrN2. The Morgan fingerprint density at radius 1 is 1.24 bits per heavy atom. The minimum absolute atomic E-state index is 0.161. The van der Waals surface area contributed by atoms with Crippen molar-refractivity contribution in [2.45, 2.75) is 33.4 Å². The van der Waals surface area contributed by atoms with E-state index in [9.17, 15) is 0 Å². The normalized spacial score (nSPS) is 14.1. The van der Waals surface area contributed by atoms with E-state index in [0.717, 1.165) is 17.6 Å². The van der Waals surface area contributed by atoms with Gasteiger partial charge in [-0.3, -0.25) is 0 Å². The molecule has 1 aromatic rings. The summed E-state index contributed by atoms with van der Waals surface area (Å²) < 4.78 is 1.12. The lowest BCUT2D eigenvalue weighted by Crippen LogP contribution is -2.43. The van der Waals surface area contributed by atoms with Gasteiger partial charge in [-0.2, -0.15) is 0 Å². The zero-order chi connectivity index (χ0) is 13.1. The Bertz CT molecular complexity index is 340. The molecule has 1 unspecified atom stereocenters. The molecule has 0 heterocycles. The highest BCUT2D eigenvalue weighted by atomic mass is 79.9. The molecule has 96 valence electrons. The molecule has 0 radical (unpaired) electrons. The highest BCUT2D eigenvalue weighted by Crippen LogP contribution is 2.18. The van der Waals surface area contributed by atoms with E-state index in [1.54, 1.807) is 0 Å². The predicted molar refractivity (Wildman–Crippen MR) is 77.9 cm³/mol. The molecule has 1 atom stereocenters. The lowest BCUT2D eigenvalue weighted by molar-refractivity contribution is 0.222. The van der Waals surface area contributed by atoms with Gasteiger partial charge < -0.3 is 10.6 Å². The summed E-state index contributed by atoms with van der Waals surface area (Å²) in [5.41, 5.74) is 7.66. The lowest BCUT2D eigenvalue weighted by Gasteiger charge is -2.31. The van der Waals surface area contributed by atoms with Crippen molar-refractivity contribution >= 4 is 15.9 Å². The van der Waals surface area contributed by atoms with Crippen LogP contribution in [0.3, 0.4) is 0 Å². The van der Waals surface area contributed by atoms with Crippen molar-refractivity contribution in [3.05, 3.63) is 34.3 Å². The van der Waals surface area contributed by atoms with Crippen LogP contribution in [-0.2, 0) is 6.54 Å². The topological polar surface area (TPSA) is 29.3 Å². The highest BCUT2D eigenvalue weighted by Gasteiger charge is 2.21. The number of benzene rings is 1. The van der Waals surface area contributed by atoms with Crippen LogP contribution >= 0.6 is 15.9 Å². The Balaban J connectivity index is 2.50. The number of nitrogens with zero attached hydrogens (tertiary/aromatic N) is 1. The van der Waals surface area contributed by atoms with Gasteiger partial charge in [0.1, 0.15) is 0 Å². The van der Waals surface area contributed by atoms with E-state index in [4.69, 9.17) is 5.73 Å². The molecule has 3 heteroatoms. The summed E-state index contributed by atoms with van der Waals surface area (Å²) >= 11 is 3.44. The molecule has 2 N–H and O–H groups in total. The quantitative estimate of drug-likeness (QED) is 0.924. The number of rotatable bonds is 4. The second kappa shape index (κ2) is 5.98. The number of hydrogen-bond acceptors (Lipinski definition) is 2. The van der Waals surface area contributed by atoms with Gasteiger partial charge >= 0.3 is 0 Å². The average Bonchev–Trinajstić information content (AvgIpc) is 2.20. The molecular weight excluding hydrogens is 276 g/mol. The molecule has 0 spiro atoms. The Morgan fingerprint density at radius 2 is 1.76 bits per heavy atom. The SMILES string of the molecule is CN(Cc1ccc(Br)cc1)CC(N)C(C)(C)C. The van der Waals surface area contributed by atoms with Crippen molar-refractivity contribution in [2.75, 3.05) is 13.6 Å². The van der Waals surface area contributed by atoms with Crippen LogP contribution in [0.4, 0.5) is 0 Å². The fourth-order valence-electron chi connectivity index (χ4n) is 1.58. The van der Waals surface area contributed by atoms with Crippen molar-refractivity contribution in [1.82, 2.24) is 4.90 Å². The van der Waals surface area contributed by atoms with E-state index < -0.39 is 0 Å². The number of nitrogens with two attached hydrogens (primary N) is 1. The van der Waals surface area contributed by atoms with Crippen LogP contribution in [0.25, 0.3) is 0 Å². The molecule has 0 amide bonds. The molecule has 0 aliphatic rings. The van der Waals surface area contributed by atoms with Gasteiger partial charge in [0.2, 0.25) is 0 Å². The van der Waals surface area contributed by atoms with Gasteiger partial charge in [-0.15, -0.1) is 0 Å². The van der Waals surface area contributed by atoms with E-state index in [1.807, 2.05) is 0 Å². The Labute approximate surface area is 113 Å². The van der Waals surface area contributed by atoms with E-state index in [0.29, 0.717) is 0 Å². The maximum Gasteiger partial charge on any atom is 0.0231 e. The first-order chi connectivity index (χ1) is 7.79. The summed E-state index contributed by atoms with van der Waals surface area (Å²) in [5.74, 6) is 0. The van der Waals surface area contributed by atoms with Crippen molar-refractivity contribution in [2.24, 2.45) is 11.1 Å². The number of halogens is 1. The minimum atomic E-state index is 0.161. The van der Waals surface area contributed by atoms with E-state index in [-0.39, 0.29) is 11.5 Å². The summed E-state index contributed by atoms with van der Waals surface area (Å²) in [6, 6.07) is 8.63.